The van der Waals surface area contributed by atoms with Gasteiger partial charge in [0.2, 0.25) is 0 Å². The minimum absolute atomic E-state index is 0.102. The summed E-state index contributed by atoms with van der Waals surface area (Å²) in [5.74, 6) is -1.06. The predicted octanol–water partition coefficient (Wildman–Crippen LogP) is 2.38. The number of rotatable bonds is 4. The Balaban J connectivity index is 2.09. The van der Waals surface area contributed by atoms with Gasteiger partial charge in [0.05, 0.1) is 23.8 Å². The normalized spacial score (nSPS) is 15.6. The Morgan fingerprint density at radius 2 is 1.70 bits per heavy atom. The molecule has 1 aliphatic rings. The zero-order valence-corrected chi connectivity index (χ0v) is 13.6. The molecule has 0 aliphatic carbocycles. The third-order valence-corrected chi connectivity index (χ3v) is 3.57. The molecule has 0 radical (unpaired) electrons. The molecule has 2 rings (SSSR count). The lowest BCUT2D eigenvalue weighted by molar-refractivity contribution is -0.109. The van der Waals surface area contributed by atoms with Crippen molar-refractivity contribution in [2.75, 3.05) is 6.61 Å². The maximum Gasteiger partial charge on any atom is 0.408 e. The number of nitrogens with zero attached hydrogens (tertiary/aromatic N) is 2. The van der Waals surface area contributed by atoms with Gasteiger partial charge >= 0.3 is 6.09 Å². The SMILES string of the molecule is C[C@@H](CON1C(=O)c2ccccc2C1=O)N(C(=O)O)C(C)(C)C. The molecule has 0 spiro atoms. The quantitative estimate of drug-likeness (QED) is 0.861. The van der Waals surface area contributed by atoms with Crippen LogP contribution >= 0.6 is 0 Å². The van der Waals surface area contributed by atoms with Crippen LogP contribution in [0.4, 0.5) is 4.79 Å². The number of hydroxylamine groups is 2. The Kier molecular flexibility index (Phi) is 4.42. The van der Waals surface area contributed by atoms with E-state index in [-0.39, 0.29) is 17.7 Å². The van der Waals surface area contributed by atoms with Crippen LogP contribution in [0.5, 0.6) is 0 Å². The van der Waals surface area contributed by atoms with Gasteiger partial charge in [-0.15, -0.1) is 5.06 Å². The Labute approximate surface area is 134 Å². The number of hydrogen-bond donors (Lipinski definition) is 1. The highest BCUT2D eigenvalue weighted by molar-refractivity contribution is 6.20. The fourth-order valence-corrected chi connectivity index (χ4v) is 2.68. The molecule has 0 saturated heterocycles. The summed E-state index contributed by atoms with van der Waals surface area (Å²) in [5.41, 5.74) is -0.0523. The molecular formula is C16H20N2O5. The van der Waals surface area contributed by atoms with Gasteiger partial charge < -0.3 is 5.11 Å². The van der Waals surface area contributed by atoms with Crippen molar-refractivity contribution < 1.29 is 24.3 Å². The van der Waals surface area contributed by atoms with Crippen molar-refractivity contribution in [3.63, 3.8) is 0 Å². The lowest BCUT2D eigenvalue weighted by atomic mass is 10.0. The second kappa shape index (κ2) is 6.00. The summed E-state index contributed by atoms with van der Waals surface area (Å²) in [4.78, 5) is 42.3. The minimum Gasteiger partial charge on any atom is -0.465 e. The number of amides is 3. The first kappa shape index (κ1) is 17.0. The van der Waals surface area contributed by atoms with Gasteiger partial charge in [0, 0.05) is 5.54 Å². The lowest BCUT2D eigenvalue weighted by Gasteiger charge is -2.38. The zero-order valence-electron chi connectivity index (χ0n) is 13.6. The Morgan fingerprint density at radius 1 is 1.22 bits per heavy atom. The maximum atomic E-state index is 12.2. The van der Waals surface area contributed by atoms with Gasteiger partial charge in [0.1, 0.15) is 0 Å². The summed E-state index contributed by atoms with van der Waals surface area (Å²) in [6, 6.07) is 5.92. The summed E-state index contributed by atoms with van der Waals surface area (Å²) >= 11 is 0. The van der Waals surface area contributed by atoms with Crippen molar-refractivity contribution in [3.05, 3.63) is 35.4 Å². The molecule has 1 heterocycles. The zero-order chi connectivity index (χ0) is 17.4. The van der Waals surface area contributed by atoms with E-state index in [1.165, 1.54) is 4.90 Å². The molecule has 23 heavy (non-hydrogen) atoms. The van der Waals surface area contributed by atoms with Crippen LogP contribution in [0.2, 0.25) is 0 Å². The molecular weight excluding hydrogens is 300 g/mol. The highest BCUT2D eigenvalue weighted by Crippen LogP contribution is 2.23. The first-order valence-corrected chi connectivity index (χ1v) is 7.27. The van der Waals surface area contributed by atoms with E-state index in [9.17, 15) is 19.5 Å². The molecule has 3 amide bonds. The van der Waals surface area contributed by atoms with Crippen molar-refractivity contribution in [3.8, 4) is 0 Å². The van der Waals surface area contributed by atoms with Crippen molar-refractivity contribution >= 4 is 17.9 Å². The van der Waals surface area contributed by atoms with Gasteiger partial charge in [-0.3, -0.25) is 19.3 Å². The van der Waals surface area contributed by atoms with Crippen LogP contribution in [0.1, 0.15) is 48.4 Å². The van der Waals surface area contributed by atoms with Crippen molar-refractivity contribution in [2.24, 2.45) is 0 Å². The highest BCUT2D eigenvalue weighted by Gasteiger charge is 2.38. The van der Waals surface area contributed by atoms with Gasteiger partial charge in [0.15, 0.2) is 0 Å². The average molecular weight is 320 g/mol. The molecule has 0 unspecified atom stereocenters. The van der Waals surface area contributed by atoms with Crippen molar-refractivity contribution in [1.29, 1.82) is 0 Å². The molecule has 0 bridgehead atoms. The number of carbonyl (C=O) groups excluding carboxylic acids is 2. The number of fused-ring (bicyclic) bond motifs is 1. The van der Waals surface area contributed by atoms with Crippen LogP contribution in [0.25, 0.3) is 0 Å². The molecule has 0 saturated carbocycles. The van der Waals surface area contributed by atoms with E-state index in [1.54, 1.807) is 52.0 Å². The van der Waals surface area contributed by atoms with Crippen molar-refractivity contribution in [2.45, 2.75) is 39.3 Å². The number of hydrogen-bond acceptors (Lipinski definition) is 4. The molecule has 0 fully saturated rings. The van der Waals surface area contributed by atoms with Crippen LogP contribution in [0.15, 0.2) is 24.3 Å². The molecule has 124 valence electrons. The van der Waals surface area contributed by atoms with Gasteiger partial charge in [-0.1, -0.05) is 12.1 Å². The number of benzene rings is 1. The second-order valence-corrected chi connectivity index (χ2v) is 6.42. The summed E-state index contributed by atoms with van der Waals surface area (Å²) in [5, 5.41) is 10.0. The monoisotopic (exact) mass is 320 g/mol. The molecule has 7 heteroatoms. The van der Waals surface area contributed by atoms with E-state index >= 15 is 0 Å². The lowest BCUT2D eigenvalue weighted by Crippen LogP contribution is -2.52. The van der Waals surface area contributed by atoms with Gasteiger partial charge in [-0.05, 0) is 39.8 Å². The number of imide groups is 1. The molecule has 1 aromatic rings. The third-order valence-electron chi connectivity index (χ3n) is 3.57. The minimum atomic E-state index is -1.09. The van der Waals surface area contributed by atoms with E-state index in [0.717, 1.165) is 0 Å². The molecule has 1 atom stereocenters. The van der Waals surface area contributed by atoms with Crippen LogP contribution in [0.3, 0.4) is 0 Å². The summed E-state index contributed by atoms with van der Waals surface area (Å²) < 4.78 is 0. The van der Waals surface area contributed by atoms with Gasteiger partial charge in [0.25, 0.3) is 11.8 Å². The maximum absolute atomic E-state index is 12.2. The average Bonchev–Trinajstić information content (AvgIpc) is 2.67. The Morgan fingerprint density at radius 3 is 2.09 bits per heavy atom. The molecule has 1 aliphatic heterocycles. The fraction of sp³-hybridized carbons (Fsp3) is 0.438. The fourth-order valence-electron chi connectivity index (χ4n) is 2.68. The molecule has 7 nitrogen and oxygen atoms in total. The largest absolute Gasteiger partial charge is 0.465 e. The van der Waals surface area contributed by atoms with E-state index in [4.69, 9.17) is 4.84 Å². The van der Waals surface area contributed by atoms with Crippen molar-refractivity contribution in [1.82, 2.24) is 9.96 Å². The van der Waals surface area contributed by atoms with E-state index in [1.807, 2.05) is 0 Å². The topological polar surface area (TPSA) is 87.2 Å². The van der Waals surface area contributed by atoms with Gasteiger partial charge in [-0.25, -0.2) is 4.79 Å². The van der Waals surface area contributed by atoms with Gasteiger partial charge in [-0.2, -0.15) is 0 Å². The molecule has 1 N–H and O–H groups in total. The van der Waals surface area contributed by atoms with Crippen LogP contribution < -0.4 is 0 Å². The Bertz CT molecular complexity index is 615. The van der Waals surface area contributed by atoms with Crippen LogP contribution in [0, 0.1) is 0 Å². The molecule has 1 aromatic carbocycles. The summed E-state index contributed by atoms with van der Waals surface area (Å²) in [6.45, 7) is 6.85. The van der Waals surface area contributed by atoms with E-state index < -0.39 is 29.5 Å². The number of carbonyl (C=O) groups is 3. The standard InChI is InChI=1S/C16H20N2O5/c1-10(17(15(21)22)16(2,3)4)9-23-18-13(19)11-7-5-6-8-12(11)14(18)20/h5-8,10H,9H2,1-4H3,(H,21,22)/t10-/m0/s1. The highest BCUT2D eigenvalue weighted by atomic mass is 16.7. The third kappa shape index (κ3) is 3.19. The first-order valence-electron chi connectivity index (χ1n) is 7.27. The van der Waals surface area contributed by atoms with E-state index in [0.29, 0.717) is 5.06 Å². The van der Waals surface area contributed by atoms with Crippen LogP contribution in [-0.4, -0.2) is 51.2 Å². The number of carboxylic acid groups (broad SMARTS) is 1. The predicted molar refractivity (Wildman–Crippen MR) is 82.0 cm³/mol. The van der Waals surface area contributed by atoms with Crippen LogP contribution in [-0.2, 0) is 4.84 Å². The second-order valence-electron chi connectivity index (χ2n) is 6.42. The smallest absolute Gasteiger partial charge is 0.408 e. The first-order chi connectivity index (χ1) is 10.6. The molecule has 0 aromatic heterocycles. The Hall–Kier alpha value is -2.41. The summed E-state index contributed by atoms with van der Waals surface area (Å²) in [6.07, 6.45) is -1.09. The summed E-state index contributed by atoms with van der Waals surface area (Å²) in [7, 11) is 0. The van der Waals surface area contributed by atoms with E-state index in [2.05, 4.69) is 0 Å².